The summed E-state index contributed by atoms with van der Waals surface area (Å²) in [6, 6.07) is 4.49. The molecule has 1 aromatic heterocycles. The molecule has 0 spiro atoms. The van der Waals surface area contributed by atoms with Crippen LogP contribution in [0, 0.1) is 3.57 Å². The second-order valence-corrected chi connectivity index (χ2v) is 5.58. The summed E-state index contributed by atoms with van der Waals surface area (Å²) >= 11 is 10.1. The van der Waals surface area contributed by atoms with Crippen LogP contribution in [0.15, 0.2) is 17.5 Å². The molecule has 0 nitrogen and oxygen atoms in total. The fourth-order valence-corrected chi connectivity index (χ4v) is 3.73. The van der Waals surface area contributed by atoms with Gasteiger partial charge < -0.3 is 0 Å². The van der Waals surface area contributed by atoms with E-state index in [9.17, 15) is 0 Å². The molecule has 0 unspecified atom stereocenters. The molecule has 0 atom stereocenters. The van der Waals surface area contributed by atoms with E-state index < -0.39 is 0 Å². The molecule has 2 aromatic rings. The molecule has 1 aromatic carbocycles. The molecule has 14 heavy (non-hydrogen) atoms. The quantitative estimate of drug-likeness (QED) is 0.545. The number of rotatable bonds is 2. The van der Waals surface area contributed by atoms with E-state index in [1.807, 2.05) is 11.3 Å². The zero-order chi connectivity index (χ0) is 10.1. The summed E-state index contributed by atoms with van der Waals surface area (Å²) in [6.45, 7) is 2.20. The van der Waals surface area contributed by atoms with Crippen LogP contribution in [0.1, 0.15) is 18.1 Å². The predicted octanol–water partition coefficient (Wildman–Crippen LogP) is 4.81. The average Bonchev–Trinajstić information content (AvgIpc) is 2.59. The topological polar surface area (TPSA) is 0 Å². The van der Waals surface area contributed by atoms with Crippen molar-refractivity contribution in [3.05, 3.63) is 32.2 Å². The average molecular weight is 337 g/mol. The Morgan fingerprint density at radius 1 is 1.36 bits per heavy atom. The first-order valence-corrected chi connectivity index (χ1v) is 7.00. The Hall–Kier alpha value is 0.200. The molecular weight excluding hydrogens is 327 g/mol. The van der Waals surface area contributed by atoms with Crippen molar-refractivity contribution in [1.29, 1.82) is 0 Å². The Morgan fingerprint density at radius 2 is 2.14 bits per heavy atom. The van der Waals surface area contributed by atoms with Gasteiger partial charge in [0.25, 0.3) is 0 Å². The Morgan fingerprint density at radius 3 is 2.79 bits per heavy atom. The van der Waals surface area contributed by atoms with E-state index in [2.05, 4.69) is 47.0 Å². The van der Waals surface area contributed by atoms with E-state index in [1.54, 1.807) is 0 Å². The van der Waals surface area contributed by atoms with E-state index in [-0.39, 0.29) is 0 Å². The molecule has 0 aliphatic carbocycles. The lowest BCUT2D eigenvalue weighted by Gasteiger charge is -2.01. The Labute approximate surface area is 106 Å². The van der Waals surface area contributed by atoms with E-state index >= 15 is 0 Å². The van der Waals surface area contributed by atoms with Crippen molar-refractivity contribution >= 4 is 55.6 Å². The van der Waals surface area contributed by atoms with Crippen LogP contribution in [0.25, 0.3) is 10.1 Å². The summed E-state index contributed by atoms with van der Waals surface area (Å²) in [5.41, 5.74) is 2.70. The predicted molar refractivity (Wildman–Crippen MR) is 73.5 cm³/mol. The molecule has 0 amide bonds. The number of hydrogen-bond donors (Lipinski definition) is 0. The summed E-state index contributed by atoms with van der Waals surface area (Å²) in [6.07, 6.45) is 1.09. The SMILES string of the molecule is CCc1cc(I)cc2c(CCl)csc12. The van der Waals surface area contributed by atoms with Gasteiger partial charge in [0.2, 0.25) is 0 Å². The van der Waals surface area contributed by atoms with Crippen LogP contribution in [0.5, 0.6) is 0 Å². The standard InChI is InChI=1S/C11H10ClIS/c1-2-7-3-9(13)4-10-8(5-12)6-14-11(7)10/h3-4,6H,2,5H2,1H3. The van der Waals surface area contributed by atoms with Gasteiger partial charge in [0.15, 0.2) is 0 Å². The molecule has 0 radical (unpaired) electrons. The van der Waals surface area contributed by atoms with Gasteiger partial charge in [-0.2, -0.15) is 0 Å². The zero-order valence-corrected chi connectivity index (χ0v) is 11.5. The van der Waals surface area contributed by atoms with Gasteiger partial charge in [-0.05, 0) is 63.0 Å². The van der Waals surface area contributed by atoms with E-state index in [4.69, 9.17) is 11.6 Å². The molecule has 1 heterocycles. The second kappa shape index (κ2) is 4.37. The second-order valence-electron chi connectivity index (χ2n) is 3.19. The number of alkyl halides is 1. The maximum Gasteiger partial charge on any atom is 0.0488 e. The van der Waals surface area contributed by atoms with Crippen LogP contribution in [0.3, 0.4) is 0 Å². The van der Waals surface area contributed by atoms with Crippen LogP contribution in [-0.2, 0) is 12.3 Å². The zero-order valence-electron chi connectivity index (χ0n) is 7.81. The molecule has 0 aliphatic rings. The summed E-state index contributed by atoms with van der Waals surface area (Å²) in [5, 5.41) is 3.51. The summed E-state index contributed by atoms with van der Waals surface area (Å²) in [4.78, 5) is 0. The highest BCUT2D eigenvalue weighted by Crippen LogP contribution is 2.32. The smallest absolute Gasteiger partial charge is 0.0488 e. The number of thiophene rings is 1. The summed E-state index contributed by atoms with van der Waals surface area (Å²) in [5.74, 6) is 0.614. The number of aryl methyl sites for hydroxylation is 1. The van der Waals surface area contributed by atoms with Gasteiger partial charge in [0, 0.05) is 14.2 Å². The van der Waals surface area contributed by atoms with Crippen molar-refractivity contribution in [2.24, 2.45) is 0 Å². The molecule has 0 N–H and O–H groups in total. The molecule has 0 fully saturated rings. The Kier molecular flexibility index (Phi) is 3.34. The highest BCUT2D eigenvalue weighted by atomic mass is 127. The lowest BCUT2D eigenvalue weighted by Crippen LogP contribution is -1.83. The molecule has 0 bridgehead atoms. The van der Waals surface area contributed by atoms with E-state index in [0.29, 0.717) is 5.88 Å². The van der Waals surface area contributed by atoms with Crippen molar-refractivity contribution < 1.29 is 0 Å². The molecular formula is C11H10ClIS. The molecule has 0 aliphatic heterocycles. The first-order valence-electron chi connectivity index (χ1n) is 4.50. The maximum absolute atomic E-state index is 5.90. The molecule has 2 rings (SSSR count). The number of benzene rings is 1. The minimum Gasteiger partial charge on any atom is -0.143 e. The van der Waals surface area contributed by atoms with Crippen LogP contribution < -0.4 is 0 Å². The van der Waals surface area contributed by atoms with Gasteiger partial charge in [-0.1, -0.05) is 6.92 Å². The van der Waals surface area contributed by atoms with Gasteiger partial charge in [-0.15, -0.1) is 22.9 Å². The maximum atomic E-state index is 5.90. The fraction of sp³-hybridized carbons (Fsp3) is 0.273. The van der Waals surface area contributed by atoms with Crippen LogP contribution >= 0.6 is 45.5 Å². The van der Waals surface area contributed by atoms with Gasteiger partial charge in [0.05, 0.1) is 0 Å². The van der Waals surface area contributed by atoms with Crippen molar-refractivity contribution in [2.45, 2.75) is 19.2 Å². The van der Waals surface area contributed by atoms with Crippen LogP contribution in [0.4, 0.5) is 0 Å². The third kappa shape index (κ3) is 1.79. The molecule has 0 saturated carbocycles. The van der Waals surface area contributed by atoms with Gasteiger partial charge in [-0.3, -0.25) is 0 Å². The summed E-state index contributed by atoms with van der Waals surface area (Å²) in [7, 11) is 0. The Balaban J connectivity index is 2.76. The summed E-state index contributed by atoms with van der Waals surface area (Å²) < 4.78 is 2.71. The number of fused-ring (bicyclic) bond motifs is 1. The normalized spacial score (nSPS) is 11.1. The molecule has 74 valence electrons. The first-order chi connectivity index (χ1) is 6.76. The van der Waals surface area contributed by atoms with Gasteiger partial charge in [-0.25, -0.2) is 0 Å². The van der Waals surface area contributed by atoms with Crippen molar-refractivity contribution in [3.63, 3.8) is 0 Å². The van der Waals surface area contributed by atoms with Gasteiger partial charge in [0.1, 0.15) is 0 Å². The lowest BCUT2D eigenvalue weighted by atomic mass is 10.1. The number of hydrogen-bond acceptors (Lipinski definition) is 1. The third-order valence-electron chi connectivity index (χ3n) is 2.32. The molecule has 0 saturated heterocycles. The van der Waals surface area contributed by atoms with Gasteiger partial charge >= 0.3 is 0 Å². The van der Waals surface area contributed by atoms with E-state index in [1.165, 1.54) is 24.8 Å². The highest BCUT2D eigenvalue weighted by molar-refractivity contribution is 14.1. The highest BCUT2D eigenvalue weighted by Gasteiger charge is 2.07. The Bertz CT molecular complexity index is 462. The first kappa shape index (κ1) is 10.7. The van der Waals surface area contributed by atoms with Crippen molar-refractivity contribution in [1.82, 2.24) is 0 Å². The monoisotopic (exact) mass is 336 g/mol. The minimum atomic E-state index is 0.614. The fourth-order valence-electron chi connectivity index (χ4n) is 1.59. The minimum absolute atomic E-state index is 0.614. The van der Waals surface area contributed by atoms with Crippen molar-refractivity contribution in [3.8, 4) is 0 Å². The lowest BCUT2D eigenvalue weighted by molar-refractivity contribution is 1.16. The number of halogens is 2. The van der Waals surface area contributed by atoms with Crippen LogP contribution in [-0.4, -0.2) is 0 Å². The van der Waals surface area contributed by atoms with Crippen molar-refractivity contribution in [2.75, 3.05) is 0 Å². The largest absolute Gasteiger partial charge is 0.143 e. The van der Waals surface area contributed by atoms with Crippen LogP contribution in [0.2, 0.25) is 0 Å². The molecule has 3 heteroatoms. The van der Waals surface area contributed by atoms with E-state index in [0.717, 1.165) is 6.42 Å². The third-order valence-corrected chi connectivity index (χ3v) is 4.35.